The van der Waals surface area contributed by atoms with Crippen LogP contribution in [0.5, 0.6) is 0 Å². The van der Waals surface area contributed by atoms with Gasteiger partial charge in [-0.1, -0.05) is 13.3 Å². The van der Waals surface area contributed by atoms with E-state index in [1.54, 1.807) is 0 Å². The standard InChI is InChI=1S/C12H25N3O2/c1-2-3-11(4-9-16)10-13-5-7-15-8-6-14-12(15)17/h11,13,16H,2-10H2,1H3,(H,14,17). The average Bonchev–Trinajstić information content (AvgIpc) is 2.71. The lowest BCUT2D eigenvalue weighted by atomic mass is 10.0. The molecule has 1 unspecified atom stereocenters. The van der Waals surface area contributed by atoms with E-state index in [1.807, 2.05) is 4.90 Å². The summed E-state index contributed by atoms with van der Waals surface area (Å²) in [4.78, 5) is 13.1. The molecule has 0 aromatic rings. The van der Waals surface area contributed by atoms with Crippen molar-refractivity contribution in [2.75, 3.05) is 39.3 Å². The fraction of sp³-hybridized carbons (Fsp3) is 0.917. The normalized spacial score (nSPS) is 17.3. The van der Waals surface area contributed by atoms with E-state index in [0.717, 1.165) is 52.0 Å². The Morgan fingerprint density at radius 2 is 2.35 bits per heavy atom. The molecule has 0 bridgehead atoms. The van der Waals surface area contributed by atoms with E-state index in [1.165, 1.54) is 0 Å². The van der Waals surface area contributed by atoms with Gasteiger partial charge in [0.05, 0.1) is 0 Å². The maximum absolute atomic E-state index is 11.3. The molecule has 0 spiro atoms. The summed E-state index contributed by atoms with van der Waals surface area (Å²) in [6, 6.07) is 0.0484. The van der Waals surface area contributed by atoms with Gasteiger partial charge in [-0.15, -0.1) is 0 Å². The zero-order valence-electron chi connectivity index (χ0n) is 10.7. The quantitative estimate of drug-likeness (QED) is 0.514. The van der Waals surface area contributed by atoms with Gasteiger partial charge in [0.1, 0.15) is 0 Å². The highest BCUT2D eigenvalue weighted by atomic mass is 16.3. The summed E-state index contributed by atoms with van der Waals surface area (Å²) in [6.45, 7) is 6.55. The van der Waals surface area contributed by atoms with E-state index in [9.17, 15) is 4.79 Å². The van der Waals surface area contributed by atoms with Crippen molar-refractivity contribution < 1.29 is 9.90 Å². The number of nitrogens with zero attached hydrogens (tertiary/aromatic N) is 1. The third kappa shape index (κ3) is 5.37. The van der Waals surface area contributed by atoms with Gasteiger partial charge in [0.25, 0.3) is 0 Å². The Morgan fingerprint density at radius 3 is 2.94 bits per heavy atom. The number of rotatable bonds is 9. The van der Waals surface area contributed by atoms with Crippen LogP contribution >= 0.6 is 0 Å². The van der Waals surface area contributed by atoms with Crippen LogP contribution in [0.25, 0.3) is 0 Å². The Balaban J connectivity index is 2.07. The Bertz CT molecular complexity index is 218. The van der Waals surface area contributed by atoms with Crippen LogP contribution in [0.1, 0.15) is 26.2 Å². The molecule has 3 N–H and O–H groups in total. The van der Waals surface area contributed by atoms with Crippen LogP contribution in [0.15, 0.2) is 0 Å². The molecule has 100 valence electrons. The molecule has 1 fully saturated rings. The summed E-state index contributed by atoms with van der Waals surface area (Å²) in [5, 5.41) is 15.1. The first kappa shape index (κ1) is 14.3. The predicted octanol–water partition coefficient (Wildman–Crippen LogP) is 0.400. The molecule has 5 nitrogen and oxygen atoms in total. The lowest BCUT2D eigenvalue weighted by Gasteiger charge is -2.18. The van der Waals surface area contributed by atoms with Crippen molar-refractivity contribution in [1.29, 1.82) is 0 Å². The molecule has 1 heterocycles. The lowest BCUT2D eigenvalue weighted by molar-refractivity contribution is 0.216. The first-order valence-corrected chi connectivity index (χ1v) is 6.62. The van der Waals surface area contributed by atoms with Gasteiger partial charge in [-0.05, 0) is 25.3 Å². The summed E-state index contributed by atoms with van der Waals surface area (Å²) < 4.78 is 0. The molecule has 0 aliphatic carbocycles. The Hall–Kier alpha value is -0.810. The topological polar surface area (TPSA) is 64.6 Å². The molecule has 2 amide bonds. The highest BCUT2D eigenvalue weighted by Crippen LogP contribution is 2.09. The van der Waals surface area contributed by atoms with Gasteiger partial charge in [-0.3, -0.25) is 0 Å². The summed E-state index contributed by atoms with van der Waals surface area (Å²) in [6.07, 6.45) is 3.17. The van der Waals surface area contributed by atoms with Gasteiger partial charge in [0, 0.05) is 32.8 Å². The number of urea groups is 1. The van der Waals surface area contributed by atoms with Gasteiger partial charge >= 0.3 is 6.03 Å². The third-order valence-corrected chi connectivity index (χ3v) is 3.17. The minimum Gasteiger partial charge on any atom is -0.396 e. The van der Waals surface area contributed by atoms with Gasteiger partial charge < -0.3 is 20.6 Å². The first-order valence-electron chi connectivity index (χ1n) is 6.62. The molecule has 0 aromatic heterocycles. The number of aliphatic hydroxyl groups excluding tert-OH is 1. The van der Waals surface area contributed by atoms with E-state index in [2.05, 4.69) is 17.6 Å². The van der Waals surface area contributed by atoms with Crippen molar-refractivity contribution in [3.05, 3.63) is 0 Å². The molecule has 0 saturated carbocycles. The SMILES string of the molecule is CCCC(CCO)CNCCN1CCNC1=O. The summed E-state index contributed by atoms with van der Waals surface area (Å²) in [7, 11) is 0. The molecular weight excluding hydrogens is 218 g/mol. The maximum Gasteiger partial charge on any atom is 0.317 e. The van der Waals surface area contributed by atoms with Crippen molar-refractivity contribution >= 4 is 6.03 Å². The number of amides is 2. The number of hydrogen-bond donors (Lipinski definition) is 3. The van der Waals surface area contributed by atoms with Crippen LogP contribution < -0.4 is 10.6 Å². The monoisotopic (exact) mass is 243 g/mol. The van der Waals surface area contributed by atoms with E-state index >= 15 is 0 Å². The van der Waals surface area contributed by atoms with Crippen LogP contribution in [0.4, 0.5) is 4.79 Å². The second kappa shape index (κ2) is 8.31. The average molecular weight is 243 g/mol. The molecule has 0 aromatic carbocycles. The Kier molecular flexibility index (Phi) is 6.96. The van der Waals surface area contributed by atoms with Crippen LogP contribution in [0.2, 0.25) is 0 Å². The third-order valence-electron chi connectivity index (χ3n) is 3.17. The van der Waals surface area contributed by atoms with E-state index in [4.69, 9.17) is 5.11 Å². The zero-order valence-corrected chi connectivity index (χ0v) is 10.7. The molecule has 17 heavy (non-hydrogen) atoms. The molecule has 1 rings (SSSR count). The van der Waals surface area contributed by atoms with E-state index < -0.39 is 0 Å². The zero-order chi connectivity index (χ0) is 12.5. The minimum atomic E-state index is 0.0484. The highest BCUT2D eigenvalue weighted by Gasteiger charge is 2.18. The van der Waals surface area contributed by atoms with E-state index in [-0.39, 0.29) is 12.6 Å². The summed E-state index contributed by atoms with van der Waals surface area (Å²) in [5.74, 6) is 0.553. The fourth-order valence-electron chi connectivity index (χ4n) is 2.18. The summed E-state index contributed by atoms with van der Waals surface area (Å²) in [5.41, 5.74) is 0. The van der Waals surface area contributed by atoms with Crippen molar-refractivity contribution in [2.24, 2.45) is 5.92 Å². The fourth-order valence-corrected chi connectivity index (χ4v) is 2.18. The molecule has 5 heteroatoms. The molecular formula is C12H25N3O2. The van der Waals surface area contributed by atoms with Crippen LogP contribution in [-0.2, 0) is 0 Å². The Labute approximate surface area is 104 Å². The number of carbonyl (C=O) groups is 1. The van der Waals surface area contributed by atoms with Crippen molar-refractivity contribution in [3.63, 3.8) is 0 Å². The van der Waals surface area contributed by atoms with Gasteiger partial charge in [-0.25, -0.2) is 4.79 Å². The predicted molar refractivity (Wildman–Crippen MR) is 67.9 cm³/mol. The van der Waals surface area contributed by atoms with Crippen LogP contribution in [0, 0.1) is 5.92 Å². The Morgan fingerprint density at radius 1 is 1.53 bits per heavy atom. The number of hydrogen-bond acceptors (Lipinski definition) is 3. The molecule has 0 radical (unpaired) electrons. The lowest BCUT2D eigenvalue weighted by Crippen LogP contribution is -2.36. The van der Waals surface area contributed by atoms with Crippen molar-refractivity contribution in [2.45, 2.75) is 26.2 Å². The molecule has 1 aliphatic heterocycles. The largest absolute Gasteiger partial charge is 0.396 e. The number of nitrogens with one attached hydrogen (secondary N) is 2. The number of carbonyl (C=O) groups excluding carboxylic acids is 1. The number of aliphatic hydroxyl groups is 1. The van der Waals surface area contributed by atoms with E-state index in [0.29, 0.717) is 5.92 Å². The van der Waals surface area contributed by atoms with Crippen molar-refractivity contribution in [3.8, 4) is 0 Å². The minimum absolute atomic E-state index is 0.0484. The smallest absolute Gasteiger partial charge is 0.317 e. The maximum atomic E-state index is 11.3. The molecule has 1 aliphatic rings. The van der Waals surface area contributed by atoms with Crippen LogP contribution in [0.3, 0.4) is 0 Å². The second-order valence-electron chi connectivity index (χ2n) is 4.59. The first-order chi connectivity index (χ1) is 8.27. The van der Waals surface area contributed by atoms with Crippen molar-refractivity contribution in [1.82, 2.24) is 15.5 Å². The van der Waals surface area contributed by atoms with Gasteiger partial charge in [-0.2, -0.15) is 0 Å². The molecule has 1 atom stereocenters. The molecule has 1 saturated heterocycles. The summed E-state index contributed by atoms with van der Waals surface area (Å²) >= 11 is 0. The second-order valence-corrected chi connectivity index (χ2v) is 4.59. The van der Waals surface area contributed by atoms with Gasteiger partial charge in [0.2, 0.25) is 0 Å². The van der Waals surface area contributed by atoms with Crippen LogP contribution in [-0.4, -0.2) is 55.4 Å². The highest BCUT2D eigenvalue weighted by molar-refractivity contribution is 5.76. The van der Waals surface area contributed by atoms with Gasteiger partial charge in [0.15, 0.2) is 0 Å².